The highest BCUT2D eigenvalue weighted by atomic mass is 19.4. The lowest BCUT2D eigenvalue weighted by Gasteiger charge is -2.46. The summed E-state index contributed by atoms with van der Waals surface area (Å²) >= 11 is 0. The molecule has 2 fully saturated rings. The van der Waals surface area contributed by atoms with Gasteiger partial charge in [-0.15, -0.1) is 0 Å². The molecule has 2 saturated heterocycles. The molecule has 10 heteroatoms. The van der Waals surface area contributed by atoms with Crippen LogP contribution in [0.1, 0.15) is 29.5 Å². The van der Waals surface area contributed by atoms with E-state index in [2.05, 4.69) is 15.2 Å². The molecule has 2 aromatic heterocycles. The van der Waals surface area contributed by atoms with Crippen LogP contribution in [0.2, 0.25) is 0 Å². The number of fused-ring (bicyclic) bond motifs is 3. The summed E-state index contributed by atoms with van der Waals surface area (Å²) in [6, 6.07) is 3.21. The Bertz CT molecular complexity index is 870. The minimum absolute atomic E-state index is 0.0182. The summed E-state index contributed by atoms with van der Waals surface area (Å²) in [6.45, 7) is 1.16. The molecule has 2 unspecified atom stereocenters. The number of halogens is 4. The van der Waals surface area contributed by atoms with Crippen molar-refractivity contribution >= 4 is 16.9 Å². The maximum atomic E-state index is 14.0. The molecule has 1 N–H and O–H groups in total. The van der Waals surface area contributed by atoms with E-state index in [1.807, 2.05) is 7.05 Å². The van der Waals surface area contributed by atoms with Gasteiger partial charge in [0.25, 0.3) is 12.2 Å². The quantitative estimate of drug-likeness (QED) is 0.805. The van der Waals surface area contributed by atoms with Gasteiger partial charge in [-0.1, -0.05) is 0 Å². The molecular weight excluding hydrogens is 380 g/mol. The molecule has 2 aliphatic rings. The average Bonchev–Trinajstić information content (AvgIpc) is 3.01. The van der Waals surface area contributed by atoms with Crippen molar-refractivity contribution in [3.63, 3.8) is 0 Å². The molecule has 0 aliphatic carbocycles. The first-order chi connectivity index (χ1) is 13.3. The van der Waals surface area contributed by atoms with Crippen molar-refractivity contribution in [2.45, 2.75) is 43.4 Å². The summed E-state index contributed by atoms with van der Waals surface area (Å²) in [5.74, 6) is -0.528. The molecule has 2 aliphatic heterocycles. The van der Waals surface area contributed by atoms with Crippen LogP contribution in [0.3, 0.4) is 0 Å². The van der Waals surface area contributed by atoms with E-state index in [-0.39, 0.29) is 34.7 Å². The molecular formula is C18H20F4N4O2. The van der Waals surface area contributed by atoms with Crippen molar-refractivity contribution < 1.29 is 27.1 Å². The van der Waals surface area contributed by atoms with Crippen LogP contribution in [0.5, 0.6) is 0 Å². The Kier molecular flexibility index (Phi) is 4.78. The van der Waals surface area contributed by atoms with Crippen LogP contribution in [0.4, 0.5) is 17.6 Å². The highest BCUT2D eigenvalue weighted by Gasteiger charge is 2.43. The summed E-state index contributed by atoms with van der Waals surface area (Å²) in [4.78, 5) is 18.9. The van der Waals surface area contributed by atoms with Gasteiger partial charge in [-0.3, -0.25) is 14.3 Å². The molecule has 0 saturated carbocycles. The second-order valence-electron chi connectivity index (χ2n) is 7.35. The number of pyridine rings is 1. The fraction of sp³-hybridized carbons (Fsp3) is 0.556. The lowest BCUT2D eigenvalue weighted by molar-refractivity contribution is -0.203. The van der Waals surface area contributed by atoms with Crippen molar-refractivity contribution in [3.05, 3.63) is 30.1 Å². The first-order valence-electron chi connectivity index (χ1n) is 9.02. The zero-order chi connectivity index (χ0) is 20.1. The van der Waals surface area contributed by atoms with Crippen molar-refractivity contribution in [1.29, 1.82) is 0 Å². The predicted octanol–water partition coefficient (Wildman–Crippen LogP) is 2.66. The number of hydrogen-bond acceptors (Lipinski definition) is 4. The van der Waals surface area contributed by atoms with Gasteiger partial charge in [-0.25, -0.2) is 9.37 Å². The first kappa shape index (κ1) is 19.1. The fourth-order valence-electron chi connectivity index (χ4n) is 4.07. The third-order valence-electron chi connectivity index (χ3n) is 5.57. The molecule has 3 atom stereocenters. The maximum absolute atomic E-state index is 14.0. The van der Waals surface area contributed by atoms with Crippen molar-refractivity contribution in [3.8, 4) is 0 Å². The maximum Gasteiger partial charge on any atom is 0.439 e. The molecule has 28 heavy (non-hydrogen) atoms. The SMILES string of the molecule is CN1C2COCC1CC(NC(=O)c1cn([C@@H](F)C(F)(F)F)c3ncccc13)C2. The van der Waals surface area contributed by atoms with Gasteiger partial charge >= 0.3 is 6.18 Å². The second-order valence-corrected chi connectivity index (χ2v) is 7.35. The smallest absolute Gasteiger partial charge is 0.378 e. The number of rotatable bonds is 3. The van der Waals surface area contributed by atoms with Crippen LogP contribution in [0.15, 0.2) is 24.5 Å². The minimum atomic E-state index is -5.09. The second kappa shape index (κ2) is 7.00. The normalized spacial score (nSPS) is 27.0. The minimum Gasteiger partial charge on any atom is -0.378 e. The van der Waals surface area contributed by atoms with Crippen LogP contribution in [0, 0.1) is 0 Å². The van der Waals surface area contributed by atoms with Gasteiger partial charge in [0.2, 0.25) is 0 Å². The molecule has 152 valence electrons. The van der Waals surface area contributed by atoms with Crippen molar-refractivity contribution in [2.24, 2.45) is 0 Å². The molecule has 0 radical (unpaired) electrons. The average molecular weight is 400 g/mol. The van der Waals surface area contributed by atoms with Crippen molar-refractivity contribution in [1.82, 2.24) is 19.8 Å². The number of carbonyl (C=O) groups is 1. The van der Waals surface area contributed by atoms with Gasteiger partial charge in [0.1, 0.15) is 5.65 Å². The van der Waals surface area contributed by atoms with Crippen molar-refractivity contribution in [2.75, 3.05) is 20.3 Å². The number of likely N-dealkylation sites (N-methyl/N-ethyl adjacent to an activating group) is 1. The molecule has 2 aromatic rings. The highest BCUT2D eigenvalue weighted by Crippen LogP contribution is 2.35. The van der Waals surface area contributed by atoms with Gasteiger partial charge in [0.15, 0.2) is 0 Å². The van der Waals surface area contributed by atoms with Crippen LogP contribution in [0.25, 0.3) is 11.0 Å². The first-order valence-corrected chi connectivity index (χ1v) is 9.02. The molecule has 2 bridgehead atoms. The molecule has 4 rings (SSSR count). The van der Waals surface area contributed by atoms with Crippen LogP contribution >= 0.6 is 0 Å². The number of alkyl halides is 4. The van der Waals surface area contributed by atoms with Gasteiger partial charge in [0.05, 0.1) is 18.8 Å². The van der Waals surface area contributed by atoms with Gasteiger partial charge in [0, 0.05) is 35.9 Å². The molecule has 1 amide bonds. The zero-order valence-corrected chi connectivity index (χ0v) is 15.1. The third kappa shape index (κ3) is 3.35. The van der Waals surface area contributed by atoms with Gasteiger partial charge in [-0.2, -0.15) is 13.2 Å². The summed E-state index contributed by atoms with van der Waals surface area (Å²) in [6.07, 6.45) is -4.84. The van der Waals surface area contributed by atoms with E-state index in [0.29, 0.717) is 30.6 Å². The van der Waals surface area contributed by atoms with E-state index in [4.69, 9.17) is 4.74 Å². The Morgan fingerprint density at radius 3 is 2.64 bits per heavy atom. The van der Waals surface area contributed by atoms with Gasteiger partial charge in [-0.05, 0) is 32.0 Å². The number of ether oxygens (including phenoxy) is 1. The Morgan fingerprint density at radius 1 is 1.32 bits per heavy atom. The molecule has 0 aromatic carbocycles. The number of piperidine rings is 1. The van der Waals surface area contributed by atoms with E-state index >= 15 is 0 Å². The molecule has 0 spiro atoms. The number of aromatic nitrogens is 2. The third-order valence-corrected chi connectivity index (χ3v) is 5.57. The highest BCUT2D eigenvalue weighted by molar-refractivity contribution is 6.06. The monoisotopic (exact) mass is 400 g/mol. The predicted molar refractivity (Wildman–Crippen MR) is 92.6 cm³/mol. The Hall–Kier alpha value is -2.20. The van der Waals surface area contributed by atoms with E-state index in [0.717, 1.165) is 6.20 Å². The molecule has 4 heterocycles. The zero-order valence-electron chi connectivity index (χ0n) is 15.1. The van der Waals surface area contributed by atoms with Crippen LogP contribution < -0.4 is 5.32 Å². The topological polar surface area (TPSA) is 59.4 Å². The van der Waals surface area contributed by atoms with Crippen LogP contribution in [-0.4, -0.2) is 64.9 Å². The lowest BCUT2D eigenvalue weighted by atomic mass is 9.90. The van der Waals surface area contributed by atoms with Crippen LogP contribution in [-0.2, 0) is 4.74 Å². The van der Waals surface area contributed by atoms with E-state index < -0.39 is 18.4 Å². The number of morpholine rings is 1. The fourth-order valence-corrected chi connectivity index (χ4v) is 4.07. The van der Waals surface area contributed by atoms with E-state index in [9.17, 15) is 22.4 Å². The number of amides is 1. The van der Waals surface area contributed by atoms with Gasteiger partial charge < -0.3 is 10.1 Å². The Morgan fingerprint density at radius 2 is 2.00 bits per heavy atom. The van der Waals surface area contributed by atoms with E-state index in [1.54, 1.807) is 0 Å². The standard InChI is InChI=1S/C18H20F4N4O2/c1-25-11-5-10(6-12(25)9-28-8-11)24-16(27)14-7-26(17(19)18(20,21)22)15-13(14)3-2-4-23-15/h2-4,7,10-12,17H,5-6,8-9H2,1H3,(H,24,27)/t10?,11?,12?,17-/m1/s1. The molecule has 6 nitrogen and oxygen atoms in total. The number of nitrogens with zero attached hydrogens (tertiary/aromatic N) is 3. The number of nitrogens with one attached hydrogen (secondary N) is 1. The lowest BCUT2D eigenvalue weighted by Crippen LogP contribution is -2.59. The summed E-state index contributed by atoms with van der Waals surface area (Å²) < 4.78 is 58.5. The summed E-state index contributed by atoms with van der Waals surface area (Å²) in [5.41, 5.74) is -0.235. The number of hydrogen-bond donors (Lipinski definition) is 1. The Balaban J connectivity index is 1.60. The largest absolute Gasteiger partial charge is 0.439 e. The summed E-state index contributed by atoms with van der Waals surface area (Å²) in [7, 11) is 2.02. The Labute approximate surface area is 158 Å². The van der Waals surface area contributed by atoms with E-state index in [1.165, 1.54) is 18.3 Å². The summed E-state index contributed by atoms with van der Waals surface area (Å²) in [5, 5.41) is 3.09. The number of carbonyl (C=O) groups excluding carboxylic acids is 1.